The molecule has 24 heavy (non-hydrogen) atoms. The van der Waals surface area contributed by atoms with Crippen molar-refractivity contribution < 1.29 is 18.8 Å². The van der Waals surface area contributed by atoms with Crippen LogP contribution in [0.2, 0.25) is 0 Å². The molecule has 1 aliphatic heterocycles. The predicted molar refractivity (Wildman–Crippen MR) is 82.0 cm³/mol. The Bertz CT molecular complexity index is 743. The number of hydrogen-bond donors (Lipinski definition) is 0. The molecule has 0 radical (unpaired) electrons. The van der Waals surface area contributed by atoms with E-state index in [0.717, 1.165) is 25.0 Å². The van der Waals surface area contributed by atoms with E-state index in [0.29, 0.717) is 36.5 Å². The Balaban J connectivity index is 1.37. The molecule has 2 aromatic rings. The molecule has 1 amide bonds. The van der Waals surface area contributed by atoms with E-state index in [1.54, 1.807) is 11.0 Å². The van der Waals surface area contributed by atoms with Gasteiger partial charge >= 0.3 is 0 Å². The van der Waals surface area contributed by atoms with Gasteiger partial charge in [-0.15, -0.1) is 0 Å². The highest BCUT2D eigenvalue weighted by atomic mass is 16.5. The van der Waals surface area contributed by atoms with Gasteiger partial charge in [0.15, 0.2) is 5.69 Å². The fourth-order valence-electron chi connectivity index (χ4n) is 2.78. The van der Waals surface area contributed by atoms with Crippen LogP contribution < -0.4 is 9.47 Å². The summed E-state index contributed by atoms with van der Waals surface area (Å²) in [5.74, 6) is 1.94. The molecule has 2 aromatic heterocycles. The summed E-state index contributed by atoms with van der Waals surface area (Å²) in [5, 5.41) is 3.91. The molecule has 126 valence electrons. The summed E-state index contributed by atoms with van der Waals surface area (Å²) in [6, 6.07) is 1.77. The summed E-state index contributed by atoms with van der Waals surface area (Å²) >= 11 is 0. The second kappa shape index (κ2) is 6.10. The first-order valence-corrected chi connectivity index (χ1v) is 8.01. The van der Waals surface area contributed by atoms with Crippen LogP contribution in [0.1, 0.15) is 41.4 Å². The third-order valence-electron chi connectivity index (χ3n) is 4.25. The van der Waals surface area contributed by atoms with E-state index in [9.17, 15) is 4.79 Å². The molecule has 0 bridgehead atoms. The normalized spacial score (nSPS) is 20.2. The van der Waals surface area contributed by atoms with Crippen LogP contribution in [0.5, 0.6) is 11.8 Å². The summed E-state index contributed by atoms with van der Waals surface area (Å²) in [5.41, 5.74) is 0.374. The van der Waals surface area contributed by atoms with E-state index in [1.807, 2.05) is 0 Å². The maximum Gasteiger partial charge on any atom is 0.276 e. The third-order valence-corrected chi connectivity index (χ3v) is 4.25. The van der Waals surface area contributed by atoms with Gasteiger partial charge in [-0.25, -0.2) is 0 Å². The Labute approximate surface area is 138 Å². The fourth-order valence-corrected chi connectivity index (χ4v) is 2.78. The molecule has 0 N–H and O–H groups in total. The molecule has 2 fully saturated rings. The van der Waals surface area contributed by atoms with Gasteiger partial charge in [0, 0.05) is 24.9 Å². The first kappa shape index (κ1) is 14.9. The first-order valence-electron chi connectivity index (χ1n) is 8.01. The van der Waals surface area contributed by atoms with E-state index in [1.165, 1.54) is 19.5 Å². The Morgan fingerprint density at radius 1 is 1.29 bits per heavy atom. The van der Waals surface area contributed by atoms with E-state index < -0.39 is 0 Å². The molecule has 1 atom stereocenters. The largest absolute Gasteiger partial charge is 0.480 e. The van der Waals surface area contributed by atoms with Gasteiger partial charge in [-0.05, 0) is 12.8 Å². The van der Waals surface area contributed by atoms with Crippen molar-refractivity contribution in [2.45, 2.75) is 31.3 Å². The molecule has 8 nitrogen and oxygen atoms in total. The zero-order chi connectivity index (χ0) is 16.5. The highest BCUT2D eigenvalue weighted by molar-refractivity contribution is 5.92. The molecule has 3 heterocycles. The van der Waals surface area contributed by atoms with Crippen LogP contribution in [0.15, 0.2) is 23.0 Å². The quantitative estimate of drug-likeness (QED) is 0.823. The summed E-state index contributed by atoms with van der Waals surface area (Å²) in [4.78, 5) is 22.4. The van der Waals surface area contributed by atoms with E-state index in [4.69, 9.17) is 14.0 Å². The molecular weight excluding hydrogens is 312 g/mol. The summed E-state index contributed by atoms with van der Waals surface area (Å²) in [6.07, 6.45) is 5.89. The standard InChI is InChI=1S/C16H18N4O4/c1-22-14-7-17-8-15(18-14)23-11-4-5-20(9-11)16(21)12-6-13(24-19-12)10-2-3-10/h6-8,10-11H,2-5,9H2,1H3. The number of rotatable bonds is 5. The molecular formula is C16H18N4O4. The number of methoxy groups -OCH3 is 1. The Morgan fingerprint density at radius 3 is 2.92 bits per heavy atom. The van der Waals surface area contributed by atoms with Gasteiger partial charge in [0.1, 0.15) is 11.9 Å². The molecule has 2 aliphatic rings. The third kappa shape index (κ3) is 3.04. The van der Waals surface area contributed by atoms with Gasteiger partial charge in [-0.3, -0.25) is 9.78 Å². The Morgan fingerprint density at radius 2 is 2.12 bits per heavy atom. The molecule has 1 saturated carbocycles. The second-order valence-electron chi connectivity index (χ2n) is 6.07. The molecule has 0 spiro atoms. The number of aromatic nitrogens is 3. The van der Waals surface area contributed by atoms with Gasteiger partial charge in [0.05, 0.1) is 26.0 Å². The highest BCUT2D eigenvalue weighted by Crippen LogP contribution is 2.40. The van der Waals surface area contributed by atoms with Crippen molar-refractivity contribution in [3.63, 3.8) is 0 Å². The summed E-state index contributed by atoms with van der Waals surface area (Å²) in [7, 11) is 1.53. The van der Waals surface area contributed by atoms with Crippen molar-refractivity contribution >= 4 is 5.91 Å². The van der Waals surface area contributed by atoms with Crippen LogP contribution in [0.3, 0.4) is 0 Å². The Hall–Kier alpha value is -2.64. The van der Waals surface area contributed by atoms with Crippen LogP contribution in [-0.2, 0) is 0 Å². The van der Waals surface area contributed by atoms with Crippen LogP contribution in [-0.4, -0.2) is 52.2 Å². The Kier molecular flexibility index (Phi) is 3.79. The van der Waals surface area contributed by atoms with Crippen molar-refractivity contribution in [2.75, 3.05) is 20.2 Å². The lowest BCUT2D eigenvalue weighted by atomic mass is 10.2. The molecule has 4 rings (SSSR count). The number of hydrogen-bond acceptors (Lipinski definition) is 7. The van der Waals surface area contributed by atoms with Gasteiger partial charge in [0.25, 0.3) is 5.91 Å². The van der Waals surface area contributed by atoms with Crippen molar-refractivity contribution in [1.82, 2.24) is 20.0 Å². The minimum absolute atomic E-state index is 0.117. The van der Waals surface area contributed by atoms with Crippen LogP contribution in [0, 0.1) is 0 Å². The van der Waals surface area contributed by atoms with Crippen LogP contribution >= 0.6 is 0 Å². The van der Waals surface area contributed by atoms with Gasteiger partial charge in [-0.1, -0.05) is 5.16 Å². The molecule has 8 heteroatoms. The van der Waals surface area contributed by atoms with Crippen molar-refractivity contribution in [3.8, 4) is 11.8 Å². The average molecular weight is 330 g/mol. The van der Waals surface area contributed by atoms with Crippen molar-refractivity contribution in [3.05, 3.63) is 29.9 Å². The summed E-state index contributed by atoms with van der Waals surface area (Å²) < 4.78 is 16.1. The minimum Gasteiger partial charge on any atom is -0.480 e. The molecule has 0 aromatic carbocycles. The number of carbonyl (C=O) groups excluding carboxylic acids is 1. The lowest BCUT2D eigenvalue weighted by Gasteiger charge is -2.15. The zero-order valence-corrected chi connectivity index (χ0v) is 13.3. The zero-order valence-electron chi connectivity index (χ0n) is 13.3. The maximum atomic E-state index is 12.5. The number of nitrogens with zero attached hydrogens (tertiary/aromatic N) is 4. The van der Waals surface area contributed by atoms with Gasteiger partial charge < -0.3 is 18.9 Å². The smallest absolute Gasteiger partial charge is 0.276 e. The lowest BCUT2D eigenvalue weighted by molar-refractivity contribution is 0.0760. The van der Waals surface area contributed by atoms with Crippen molar-refractivity contribution in [2.24, 2.45) is 0 Å². The van der Waals surface area contributed by atoms with Crippen LogP contribution in [0.25, 0.3) is 0 Å². The predicted octanol–water partition coefficient (Wildman–Crippen LogP) is 1.64. The monoisotopic (exact) mass is 330 g/mol. The van der Waals surface area contributed by atoms with Crippen molar-refractivity contribution in [1.29, 1.82) is 0 Å². The topological polar surface area (TPSA) is 90.6 Å². The molecule has 1 aliphatic carbocycles. The highest BCUT2D eigenvalue weighted by Gasteiger charge is 2.33. The average Bonchev–Trinajstić information content (AvgIpc) is 3.16. The number of amides is 1. The SMILES string of the molecule is COc1cncc(OC2CCN(C(=O)c3cc(C4CC4)on3)C2)n1. The van der Waals surface area contributed by atoms with Gasteiger partial charge in [0.2, 0.25) is 11.8 Å². The molecule has 1 unspecified atom stereocenters. The lowest BCUT2D eigenvalue weighted by Crippen LogP contribution is -2.31. The fraction of sp³-hybridized carbons (Fsp3) is 0.500. The van der Waals surface area contributed by atoms with E-state index in [2.05, 4.69) is 15.1 Å². The number of carbonyl (C=O) groups is 1. The minimum atomic E-state index is -0.120. The van der Waals surface area contributed by atoms with E-state index in [-0.39, 0.29) is 12.0 Å². The van der Waals surface area contributed by atoms with Gasteiger partial charge in [-0.2, -0.15) is 4.98 Å². The summed E-state index contributed by atoms with van der Waals surface area (Å²) in [6.45, 7) is 1.11. The first-order chi connectivity index (χ1) is 11.7. The molecule has 1 saturated heterocycles. The van der Waals surface area contributed by atoms with Crippen LogP contribution in [0.4, 0.5) is 0 Å². The second-order valence-corrected chi connectivity index (χ2v) is 6.07. The number of likely N-dealkylation sites (tertiary alicyclic amines) is 1. The number of ether oxygens (including phenoxy) is 2. The van der Waals surface area contributed by atoms with E-state index >= 15 is 0 Å². The maximum absolute atomic E-state index is 12.5.